The molecular weight excluding hydrogens is 160 g/mol. The highest BCUT2D eigenvalue weighted by Crippen LogP contribution is 2.08. The van der Waals surface area contributed by atoms with Gasteiger partial charge in [-0.25, -0.2) is 0 Å². The first-order valence-corrected chi connectivity index (χ1v) is 9.77. The molecule has 0 unspecified atom stereocenters. The molecule has 0 saturated carbocycles. The van der Waals surface area contributed by atoms with Crippen molar-refractivity contribution in [2.75, 3.05) is 0 Å². The molecule has 59 valence electrons. The summed E-state index contributed by atoms with van der Waals surface area (Å²) in [5.74, 6) is -0.122. The second kappa shape index (κ2) is 3.34. The van der Waals surface area contributed by atoms with E-state index in [9.17, 15) is 4.79 Å². The fourth-order valence-electron chi connectivity index (χ4n) is 0.461. The summed E-state index contributed by atoms with van der Waals surface area (Å²) in [6, 6.07) is 0. The topological polar surface area (TPSA) is 26.3 Å². The molecule has 0 aliphatic carbocycles. The SMILES string of the molecule is CC(=O)O[Si](C)(C)[Si](C)C. The molecule has 0 fully saturated rings. The molecular formula is C6H15O2Si2. The molecule has 10 heavy (non-hydrogen) atoms. The van der Waals surface area contributed by atoms with Gasteiger partial charge in [0.15, 0.2) is 0 Å². The Kier molecular flexibility index (Phi) is 3.31. The van der Waals surface area contributed by atoms with Gasteiger partial charge in [-0.15, -0.1) is 0 Å². The van der Waals surface area contributed by atoms with Crippen LogP contribution in [-0.4, -0.2) is 22.1 Å². The van der Waals surface area contributed by atoms with Crippen LogP contribution in [0.1, 0.15) is 6.92 Å². The first-order valence-electron chi connectivity index (χ1n) is 3.36. The highest BCUT2D eigenvalue weighted by molar-refractivity contribution is 7.28. The van der Waals surface area contributed by atoms with Crippen molar-refractivity contribution in [2.24, 2.45) is 0 Å². The van der Waals surface area contributed by atoms with Crippen molar-refractivity contribution in [1.82, 2.24) is 0 Å². The van der Waals surface area contributed by atoms with E-state index in [2.05, 4.69) is 26.2 Å². The third-order valence-corrected chi connectivity index (χ3v) is 12.3. The normalized spacial score (nSPS) is 11.8. The van der Waals surface area contributed by atoms with Gasteiger partial charge in [-0.3, -0.25) is 4.79 Å². The Bertz CT molecular complexity index is 132. The van der Waals surface area contributed by atoms with Gasteiger partial charge in [0, 0.05) is 6.92 Å². The monoisotopic (exact) mass is 175 g/mol. The molecule has 0 aliphatic heterocycles. The van der Waals surface area contributed by atoms with E-state index in [1.54, 1.807) is 0 Å². The molecule has 1 radical (unpaired) electrons. The van der Waals surface area contributed by atoms with E-state index in [-0.39, 0.29) is 5.97 Å². The summed E-state index contributed by atoms with van der Waals surface area (Å²) in [5, 5.41) is 0. The first-order chi connectivity index (χ1) is 4.36. The predicted molar refractivity (Wildman–Crippen MR) is 46.7 cm³/mol. The minimum atomic E-state index is -1.59. The van der Waals surface area contributed by atoms with Crippen LogP contribution in [0.4, 0.5) is 0 Å². The zero-order valence-corrected chi connectivity index (χ0v) is 9.32. The Morgan fingerprint density at radius 1 is 1.40 bits per heavy atom. The first kappa shape index (κ1) is 9.90. The summed E-state index contributed by atoms with van der Waals surface area (Å²) in [4.78, 5) is 10.6. The molecule has 0 aliphatic rings. The van der Waals surface area contributed by atoms with Crippen molar-refractivity contribution < 1.29 is 9.22 Å². The van der Waals surface area contributed by atoms with Crippen molar-refractivity contribution in [2.45, 2.75) is 33.1 Å². The zero-order chi connectivity index (χ0) is 8.36. The minimum Gasteiger partial charge on any atom is -0.523 e. The Morgan fingerprint density at radius 3 is 1.90 bits per heavy atom. The van der Waals surface area contributed by atoms with Crippen molar-refractivity contribution in [3.8, 4) is 0 Å². The lowest BCUT2D eigenvalue weighted by molar-refractivity contribution is -0.132. The van der Waals surface area contributed by atoms with E-state index in [0.717, 1.165) is 0 Å². The van der Waals surface area contributed by atoms with E-state index in [1.807, 2.05) is 0 Å². The average Bonchev–Trinajstić information content (AvgIpc) is 1.60. The lowest BCUT2D eigenvalue weighted by Gasteiger charge is -2.24. The van der Waals surface area contributed by atoms with Gasteiger partial charge in [0.1, 0.15) is 0 Å². The molecule has 0 amide bonds. The van der Waals surface area contributed by atoms with Gasteiger partial charge in [0.25, 0.3) is 5.97 Å². The van der Waals surface area contributed by atoms with E-state index < -0.39 is 16.1 Å². The molecule has 0 spiro atoms. The smallest absolute Gasteiger partial charge is 0.289 e. The lowest BCUT2D eigenvalue weighted by atomic mass is 10.9. The van der Waals surface area contributed by atoms with Crippen LogP contribution < -0.4 is 0 Å². The molecule has 0 saturated heterocycles. The van der Waals surface area contributed by atoms with Gasteiger partial charge in [-0.2, -0.15) is 0 Å². The van der Waals surface area contributed by atoms with Crippen LogP contribution >= 0.6 is 0 Å². The number of hydrogen-bond acceptors (Lipinski definition) is 2. The van der Waals surface area contributed by atoms with Gasteiger partial charge < -0.3 is 4.43 Å². The maximum absolute atomic E-state index is 10.6. The highest BCUT2D eigenvalue weighted by Gasteiger charge is 2.30. The standard InChI is InChI=1S/C6H15O2Si2/c1-6(7)8-10(4,5)9(2)3/h1-5H3. The van der Waals surface area contributed by atoms with Crippen molar-refractivity contribution >= 4 is 22.1 Å². The molecule has 0 atom stereocenters. The molecule has 0 aromatic rings. The van der Waals surface area contributed by atoms with Crippen molar-refractivity contribution in [3.05, 3.63) is 0 Å². The summed E-state index contributed by atoms with van der Waals surface area (Å²) in [6.07, 6.45) is 0. The summed E-state index contributed by atoms with van der Waals surface area (Å²) in [6.45, 7) is 10.1. The average molecular weight is 175 g/mol. The van der Waals surface area contributed by atoms with Gasteiger partial charge in [-0.1, -0.05) is 13.1 Å². The molecule has 0 N–H and O–H groups in total. The fraction of sp³-hybridized carbons (Fsp3) is 0.833. The van der Waals surface area contributed by atoms with Crippen LogP contribution in [0.25, 0.3) is 0 Å². The van der Waals surface area contributed by atoms with Crippen LogP contribution in [0.3, 0.4) is 0 Å². The Morgan fingerprint density at radius 2 is 1.80 bits per heavy atom. The van der Waals surface area contributed by atoms with Crippen LogP contribution in [0.15, 0.2) is 0 Å². The largest absolute Gasteiger partial charge is 0.523 e. The maximum atomic E-state index is 10.6. The molecule has 2 nitrogen and oxygen atoms in total. The Hall–Kier alpha value is -0.0962. The van der Waals surface area contributed by atoms with Crippen LogP contribution in [-0.2, 0) is 9.22 Å². The second-order valence-electron chi connectivity index (χ2n) is 3.10. The predicted octanol–water partition coefficient (Wildman–Crippen LogP) is 1.59. The van der Waals surface area contributed by atoms with Crippen LogP contribution in [0, 0.1) is 0 Å². The molecule has 0 heterocycles. The molecule has 0 aromatic heterocycles. The Labute approximate surface area is 65.1 Å². The second-order valence-corrected chi connectivity index (χ2v) is 14.9. The van der Waals surface area contributed by atoms with Gasteiger partial charge in [-0.05, 0) is 13.1 Å². The summed E-state index contributed by atoms with van der Waals surface area (Å²) in [5.41, 5.74) is 0. The van der Waals surface area contributed by atoms with E-state index in [4.69, 9.17) is 4.43 Å². The van der Waals surface area contributed by atoms with Crippen LogP contribution in [0.2, 0.25) is 26.2 Å². The van der Waals surface area contributed by atoms with Gasteiger partial charge in [0.2, 0.25) is 7.83 Å². The number of carbonyl (C=O) groups excluding carboxylic acids is 1. The van der Waals surface area contributed by atoms with Crippen molar-refractivity contribution in [1.29, 1.82) is 0 Å². The Balaban J connectivity index is 3.99. The van der Waals surface area contributed by atoms with E-state index >= 15 is 0 Å². The number of hydrogen-bond donors (Lipinski definition) is 0. The summed E-state index contributed by atoms with van der Waals surface area (Å²) >= 11 is 0. The quantitative estimate of drug-likeness (QED) is 0.596. The third-order valence-electron chi connectivity index (χ3n) is 1.60. The van der Waals surface area contributed by atoms with Gasteiger partial charge >= 0.3 is 0 Å². The lowest BCUT2D eigenvalue weighted by Crippen LogP contribution is -2.45. The van der Waals surface area contributed by atoms with E-state index in [0.29, 0.717) is 0 Å². The maximum Gasteiger partial charge on any atom is 0.289 e. The number of carbonyl (C=O) groups is 1. The zero-order valence-electron chi connectivity index (χ0n) is 7.32. The van der Waals surface area contributed by atoms with Crippen LogP contribution in [0.5, 0.6) is 0 Å². The summed E-state index contributed by atoms with van der Waals surface area (Å²) < 4.78 is 5.24. The highest BCUT2D eigenvalue weighted by atomic mass is 29.2. The number of rotatable bonds is 2. The summed E-state index contributed by atoms with van der Waals surface area (Å²) in [7, 11) is -2.00. The fourth-order valence-corrected chi connectivity index (χ4v) is 2.43. The molecule has 0 bridgehead atoms. The molecule has 0 aromatic carbocycles. The molecule has 0 rings (SSSR count). The van der Waals surface area contributed by atoms with E-state index in [1.165, 1.54) is 6.92 Å². The van der Waals surface area contributed by atoms with Gasteiger partial charge in [0.05, 0.1) is 8.31 Å². The minimum absolute atomic E-state index is 0.122. The van der Waals surface area contributed by atoms with Crippen molar-refractivity contribution in [3.63, 3.8) is 0 Å². The molecule has 4 heteroatoms. The third kappa shape index (κ3) is 3.17.